The van der Waals surface area contributed by atoms with Gasteiger partial charge in [-0.3, -0.25) is 0 Å². The molecule has 1 saturated carbocycles. The second kappa shape index (κ2) is 5.44. The zero-order chi connectivity index (χ0) is 14.4. The molecule has 1 fully saturated rings. The maximum Gasteiger partial charge on any atom is 0.416 e. The van der Waals surface area contributed by atoms with Crippen molar-refractivity contribution >= 4 is 12.4 Å². The number of hydrogen-bond acceptors (Lipinski definition) is 1. The van der Waals surface area contributed by atoms with E-state index in [1.165, 1.54) is 0 Å². The molecule has 1 nitrogen and oxygen atoms in total. The second-order valence-electron chi connectivity index (χ2n) is 4.66. The Bertz CT molecular complexity index is 478. The molecule has 20 heavy (non-hydrogen) atoms. The fourth-order valence-corrected chi connectivity index (χ4v) is 1.98. The van der Waals surface area contributed by atoms with Crippen LogP contribution in [-0.2, 0) is 12.4 Å². The molecular formula is C12H12ClF6N. The summed E-state index contributed by atoms with van der Waals surface area (Å²) in [5, 5.41) is 0. The lowest BCUT2D eigenvalue weighted by Gasteiger charge is -2.20. The van der Waals surface area contributed by atoms with E-state index in [9.17, 15) is 26.3 Å². The molecule has 0 aliphatic heterocycles. The molecule has 8 heteroatoms. The van der Waals surface area contributed by atoms with Gasteiger partial charge >= 0.3 is 12.4 Å². The second-order valence-corrected chi connectivity index (χ2v) is 4.66. The van der Waals surface area contributed by atoms with Crippen molar-refractivity contribution in [2.45, 2.75) is 31.2 Å². The number of hydrogen-bond donors (Lipinski definition) is 1. The van der Waals surface area contributed by atoms with E-state index < -0.39 is 35.1 Å². The van der Waals surface area contributed by atoms with E-state index in [4.69, 9.17) is 5.73 Å². The highest BCUT2D eigenvalue weighted by Gasteiger charge is 2.40. The van der Waals surface area contributed by atoms with Crippen LogP contribution in [0.2, 0.25) is 0 Å². The number of nitrogens with two attached hydrogens (primary N) is 1. The zero-order valence-corrected chi connectivity index (χ0v) is 10.9. The van der Waals surface area contributed by atoms with Crippen molar-refractivity contribution in [3.8, 4) is 0 Å². The number of benzene rings is 1. The van der Waals surface area contributed by atoms with Crippen molar-refractivity contribution in [2.24, 2.45) is 11.7 Å². The maximum atomic E-state index is 12.8. The Balaban J connectivity index is 0.00000200. The smallest absolute Gasteiger partial charge is 0.324 e. The van der Waals surface area contributed by atoms with Crippen LogP contribution in [0.1, 0.15) is 35.6 Å². The van der Waals surface area contributed by atoms with Gasteiger partial charge in [-0.1, -0.05) is 0 Å². The van der Waals surface area contributed by atoms with Crippen LogP contribution in [0.3, 0.4) is 0 Å². The average molecular weight is 320 g/mol. The van der Waals surface area contributed by atoms with Crippen LogP contribution in [0.15, 0.2) is 18.2 Å². The predicted molar refractivity (Wildman–Crippen MR) is 63.3 cm³/mol. The summed E-state index contributed by atoms with van der Waals surface area (Å²) in [6, 6.07) is 0.414. The fraction of sp³-hybridized carbons (Fsp3) is 0.500. The Hall–Kier alpha value is -0.950. The van der Waals surface area contributed by atoms with Crippen LogP contribution < -0.4 is 5.73 Å². The number of rotatable bonds is 2. The third kappa shape index (κ3) is 3.58. The van der Waals surface area contributed by atoms with Crippen molar-refractivity contribution in [3.05, 3.63) is 34.9 Å². The summed E-state index contributed by atoms with van der Waals surface area (Å²) < 4.78 is 76.0. The molecule has 1 aliphatic rings. The molecule has 0 aromatic heterocycles. The average Bonchev–Trinajstić information content (AvgIpc) is 3.08. The summed E-state index contributed by atoms with van der Waals surface area (Å²) in [5.74, 6) is -0.162. The summed E-state index contributed by atoms with van der Waals surface area (Å²) in [4.78, 5) is 0. The lowest BCUT2D eigenvalue weighted by Crippen LogP contribution is -2.20. The van der Waals surface area contributed by atoms with E-state index in [0.29, 0.717) is 31.0 Å². The lowest BCUT2D eigenvalue weighted by molar-refractivity contribution is -0.142. The lowest BCUT2D eigenvalue weighted by atomic mass is 9.95. The van der Waals surface area contributed by atoms with Crippen molar-refractivity contribution in [1.29, 1.82) is 0 Å². The molecule has 0 bridgehead atoms. The third-order valence-electron chi connectivity index (χ3n) is 3.17. The van der Waals surface area contributed by atoms with Gasteiger partial charge in [-0.05, 0) is 42.5 Å². The number of alkyl halides is 6. The topological polar surface area (TPSA) is 26.0 Å². The van der Waals surface area contributed by atoms with Crippen molar-refractivity contribution in [2.75, 3.05) is 0 Å². The molecule has 2 rings (SSSR count). The van der Waals surface area contributed by atoms with Gasteiger partial charge in [0.25, 0.3) is 0 Å². The Morgan fingerprint density at radius 3 is 1.95 bits per heavy atom. The summed E-state index contributed by atoms with van der Waals surface area (Å²) in [7, 11) is 0. The van der Waals surface area contributed by atoms with E-state index in [0.717, 1.165) is 0 Å². The molecule has 0 saturated heterocycles. The van der Waals surface area contributed by atoms with E-state index in [1.807, 2.05) is 0 Å². The first-order valence-electron chi connectivity index (χ1n) is 5.64. The Labute approximate surface area is 117 Å². The third-order valence-corrected chi connectivity index (χ3v) is 3.17. The van der Waals surface area contributed by atoms with Crippen molar-refractivity contribution in [1.82, 2.24) is 0 Å². The summed E-state index contributed by atoms with van der Waals surface area (Å²) in [6.07, 6.45) is -8.09. The highest BCUT2D eigenvalue weighted by Crippen LogP contribution is 2.45. The molecule has 0 spiro atoms. The van der Waals surface area contributed by atoms with Crippen LogP contribution >= 0.6 is 12.4 Å². The fourth-order valence-electron chi connectivity index (χ4n) is 1.98. The molecule has 1 aromatic carbocycles. The first-order chi connectivity index (χ1) is 8.60. The molecule has 1 aliphatic carbocycles. The minimum atomic E-state index is -4.70. The van der Waals surface area contributed by atoms with Crippen LogP contribution in [0.5, 0.6) is 0 Å². The SMILES string of the molecule is Cl.N[C@H](c1cc(C(F)(F)F)ccc1C(F)(F)F)C1CC1. The van der Waals surface area contributed by atoms with Gasteiger partial charge in [0, 0.05) is 6.04 Å². The Morgan fingerprint density at radius 1 is 1.00 bits per heavy atom. The molecule has 0 unspecified atom stereocenters. The minimum absolute atomic E-state index is 0. The van der Waals surface area contributed by atoms with Crippen molar-refractivity contribution in [3.63, 3.8) is 0 Å². The van der Waals surface area contributed by atoms with Crippen molar-refractivity contribution < 1.29 is 26.3 Å². The van der Waals surface area contributed by atoms with Crippen LogP contribution in [-0.4, -0.2) is 0 Å². The molecule has 0 heterocycles. The van der Waals surface area contributed by atoms with Gasteiger partial charge in [0.05, 0.1) is 11.1 Å². The molecule has 114 valence electrons. The molecular weight excluding hydrogens is 308 g/mol. The van der Waals surface area contributed by atoms with Gasteiger partial charge in [-0.2, -0.15) is 26.3 Å². The van der Waals surface area contributed by atoms with E-state index >= 15 is 0 Å². The van der Waals surface area contributed by atoms with Gasteiger partial charge < -0.3 is 5.73 Å². The molecule has 0 radical (unpaired) electrons. The zero-order valence-electron chi connectivity index (χ0n) is 10.1. The molecule has 0 amide bonds. The Kier molecular flexibility index (Phi) is 4.65. The summed E-state index contributed by atoms with van der Waals surface area (Å²) in [6.45, 7) is 0. The molecule has 2 N–H and O–H groups in total. The number of halogens is 7. The van der Waals surface area contributed by atoms with E-state index in [1.54, 1.807) is 0 Å². The van der Waals surface area contributed by atoms with Gasteiger partial charge in [0.2, 0.25) is 0 Å². The maximum absolute atomic E-state index is 12.8. The predicted octanol–water partition coefficient (Wildman–Crippen LogP) is 4.56. The van der Waals surface area contributed by atoms with Gasteiger partial charge in [0.1, 0.15) is 0 Å². The van der Waals surface area contributed by atoms with E-state index in [2.05, 4.69) is 0 Å². The van der Waals surface area contributed by atoms with Gasteiger partial charge in [-0.15, -0.1) is 12.4 Å². The highest BCUT2D eigenvalue weighted by atomic mass is 35.5. The first kappa shape index (κ1) is 17.1. The standard InChI is InChI=1S/C12H11F6N.ClH/c13-11(14,15)7-3-4-9(12(16,17)18)8(5-7)10(19)6-1-2-6;/h3-6,10H,1-2,19H2;1H/t10-;/m0./s1. The van der Waals surface area contributed by atoms with Crippen LogP contribution in [0.4, 0.5) is 26.3 Å². The van der Waals surface area contributed by atoms with Gasteiger partial charge in [-0.25, -0.2) is 0 Å². The van der Waals surface area contributed by atoms with E-state index in [-0.39, 0.29) is 18.3 Å². The molecule has 1 atom stereocenters. The van der Waals surface area contributed by atoms with Crippen LogP contribution in [0, 0.1) is 5.92 Å². The normalized spacial score (nSPS) is 17.6. The molecule has 1 aromatic rings. The monoisotopic (exact) mass is 319 g/mol. The van der Waals surface area contributed by atoms with Crippen LogP contribution in [0.25, 0.3) is 0 Å². The quantitative estimate of drug-likeness (QED) is 0.795. The first-order valence-corrected chi connectivity index (χ1v) is 5.64. The van der Waals surface area contributed by atoms with Gasteiger partial charge in [0.15, 0.2) is 0 Å². The largest absolute Gasteiger partial charge is 0.416 e. The minimum Gasteiger partial charge on any atom is -0.324 e. The summed E-state index contributed by atoms with van der Waals surface area (Å²) in [5.41, 5.74) is 2.99. The highest BCUT2D eigenvalue weighted by molar-refractivity contribution is 5.85. The summed E-state index contributed by atoms with van der Waals surface area (Å²) >= 11 is 0. The Morgan fingerprint density at radius 2 is 1.55 bits per heavy atom.